The van der Waals surface area contributed by atoms with E-state index in [0.717, 1.165) is 27.8 Å². The molecular formula is C17H17N3O. The molecule has 4 heteroatoms. The second-order valence-corrected chi connectivity index (χ2v) is 5.21. The molecule has 3 rings (SSSR count). The maximum atomic E-state index is 6.08. The third-order valence-corrected chi connectivity index (χ3v) is 3.70. The summed E-state index contributed by atoms with van der Waals surface area (Å²) in [5, 5.41) is 0.817. The number of nitrogens with zero attached hydrogens (tertiary/aromatic N) is 2. The quantitative estimate of drug-likeness (QED) is 0.722. The van der Waals surface area contributed by atoms with Crippen LogP contribution in [-0.2, 0) is 0 Å². The summed E-state index contributed by atoms with van der Waals surface area (Å²) in [5.74, 6) is 1.38. The van der Waals surface area contributed by atoms with Crippen molar-refractivity contribution in [2.24, 2.45) is 0 Å². The number of benzene rings is 2. The summed E-state index contributed by atoms with van der Waals surface area (Å²) in [7, 11) is 0. The number of hydrogen-bond acceptors (Lipinski definition) is 4. The van der Waals surface area contributed by atoms with Gasteiger partial charge in [-0.25, -0.2) is 9.97 Å². The second-order valence-electron chi connectivity index (χ2n) is 5.21. The van der Waals surface area contributed by atoms with Crippen molar-refractivity contribution in [3.05, 3.63) is 53.3 Å². The minimum atomic E-state index is 0.532. The summed E-state index contributed by atoms with van der Waals surface area (Å²) in [6.07, 6.45) is 1.51. The Bertz CT molecular complexity index is 828. The van der Waals surface area contributed by atoms with Crippen molar-refractivity contribution in [2.45, 2.75) is 20.8 Å². The van der Waals surface area contributed by atoms with E-state index in [9.17, 15) is 0 Å². The topological polar surface area (TPSA) is 61.0 Å². The molecule has 0 bridgehead atoms. The molecule has 0 fully saturated rings. The standard InChI is InChI=1S/C17H17N3O/c1-10-4-5-11(2)16(12(10)3)21-17-14-8-13(18)6-7-15(14)19-9-20-17/h4-9H,18H2,1-3H3. The number of hydrogen-bond donors (Lipinski definition) is 1. The molecule has 0 aliphatic heterocycles. The molecule has 0 aliphatic carbocycles. The predicted octanol–water partition coefficient (Wildman–Crippen LogP) is 3.93. The zero-order chi connectivity index (χ0) is 15.0. The Hall–Kier alpha value is -2.62. The average Bonchev–Trinajstić information content (AvgIpc) is 2.48. The fourth-order valence-electron chi connectivity index (χ4n) is 2.31. The Labute approximate surface area is 123 Å². The Morgan fingerprint density at radius 2 is 1.71 bits per heavy atom. The predicted molar refractivity (Wildman–Crippen MR) is 84.7 cm³/mol. The highest BCUT2D eigenvalue weighted by Crippen LogP contribution is 2.33. The number of rotatable bonds is 2. The summed E-state index contributed by atoms with van der Waals surface area (Å²) in [5.41, 5.74) is 10.7. The van der Waals surface area contributed by atoms with Crippen LogP contribution in [0.15, 0.2) is 36.7 Å². The summed E-state index contributed by atoms with van der Waals surface area (Å²) < 4.78 is 6.08. The monoisotopic (exact) mass is 279 g/mol. The molecule has 0 saturated heterocycles. The van der Waals surface area contributed by atoms with Gasteiger partial charge in [0.05, 0.1) is 10.9 Å². The molecule has 0 radical (unpaired) electrons. The first-order valence-corrected chi connectivity index (χ1v) is 6.81. The van der Waals surface area contributed by atoms with Crippen LogP contribution in [0.2, 0.25) is 0 Å². The fourth-order valence-corrected chi connectivity index (χ4v) is 2.31. The van der Waals surface area contributed by atoms with E-state index in [-0.39, 0.29) is 0 Å². The average molecular weight is 279 g/mol. The largest absolute Gasteiger partial charge is 0.438 e. The number of anilines is 1. The molecule has 106 valence electrons. The molecule has 21 heavy (non-hydrogen) atoms. The number of fused-ring (bicyclic) bond motifs is 1. The lowest BCUT2D eigenvalue weighted by Crippen LogP contribution is -1.97. The van der Waals surface area contributed by atoms with Gasteiger partial charge in [-0.1, -0.05) is 12.1 Å². The molecule has 2 aromatic carbocycles. The van der Waals surface area contributed by atoms with E-state index in [1.165, 1.54) is 11.9 Å². The first kappa shape index (κ1) is 13.4. The number of ether oxygens (including phenoxy) is 1. The highest BCUT2D eigenvalue weighted by Gasteiger charge is 2.11. The zero-order valence-corrected chi connectivity index (χ0v) is 12.3. The van der Waals surface area contributed by atoms with Crippen molar-refractivity contribution in [2.75, 3.05) is 5.73 Å². The number of nitrogens with two attached hydrogens (primary N) is 1. The van der Waals surface area contributed by atoms with Crippen LogP contribution in [0.1, 0.15) is 16.7 Å². The van der Waals surface area contributed by atoms with Gasteiger partial charge < -0.3 is 10.5 Å². The normalized spacial score (nSPS) is 10.8. The van der Waals surface area contributed by atoms with Gasteiger partial charge in [0.1, 0.15) is 12.1 Å². The zero-order valence-electron chi connectivity index (χ0n) is 12.3. The van der Waals surface area contributed by atoms with E-state index in [0.29, 0.717) is 11.6 Å². The van der Waals surface area contributed by atoms with E-state index >= 15 is 0 Å². The van der Waals surface area contributed by atoms with E-state index in [4.69, 9.17) is 10.5 Å². The van der Waals surface area contributed by atoms with Crippen LogP contribution in [-0.4, -0.2) is 9.97 Å². The van der Waals surface area contributed by atoms with Gasteiger partial charge in [-0.15, -0.1) is 0 Å². The van der Waals surface area contributed by atoms with Gasteiger partial charge in [0.2, 0.25) is 5.88 Å². The van der Waals surface area contributed by atoms with Crippen molar-refractivity contribution in [1.82, 2.24) is 9.97 Å². The molecule has 1 aromatic heterocycles. The molecule has 0 unspecified atom stereocenters. The van der Waals surface area contributed by atoms with Crippen molar-refractivity contribution >= 4 is 16.6 Å². The third-order valence-electron chi connectivity index (χ3n) is 3.70. The molecule has 3 aromatic rings. The number of nitrogen functional groups attached to an aromatic ring is 1. The van der Waals surface area contributed by atoms with Crippen molar-refractivity contribution in [1.29, 1.82) is 0 Å². The lowest BCUT2D eigenvalue weighted by molar-refractivity contribution is 0.460. The van der Waals surface area contributed by atoms with Crippen LogP contribution in [0, 0.1) is 20.8 Å². The van der Waals surface area contributed by atoms with E-state index < -0.39 is 0 Å². The smallest absolute Gasteiger partial charge is 0.230 e. The van der Waals surface area contributed by atoms with E-state index in [1.54, 1.807) is 0 Å². The van der Waals surface area contributed by atoms with Gasteiger partial charge in [0.15, 0.2) is 0 Å². The molecule has 0 spiro atoms. The minimum absolute atomic E-state index is 0.532. The molecule has 0 aliphatic rings. The lowest BCUT2D eigenvalue weighted by atomic mass is 10.1. The highest BCUT2D eigenvalue weighted by atomic mass is 16.5. The van der Waals surface area contributed by atoms with Gasteiger partial charge in [0.25, 0.3) is 0 Å². The third kappa shape index (κ3) is 2.40. The van der Waals surface area contributed by atoms with Gasteiger partial charge in [-0.3, -0.25) is 0 Å². The summed E-state index contributed by atoms with van der Waals surface area (Å²) in [4.78, 5) is 8.51. The van der Waals surface area contributed by atoms with Gasteiger partial charge >= 0.3 is 0 Å². The molecule has 1 heterocycles. The maximum Gasteiger partial charge on any atom is 0.230 e. The molecule has 0 atom stereocenters. The van der Waals surface area contributed by atoms with Crippen LogP contribution in [0.5, 0.6) is 11.6 Å². The first-order valence-electron chi connectivity index (χ1n) is 6.81. The maximum absolute atomic E-state index is 6.08. The molecular weight excluding hydrogens is 262 g/mol. The Kier molecular flexibility index (Phi) is 3.22. The second kappa shape index (κ2) is 5.05. The van der Waals surface area contributed by atoms with Crippen LogP contribution in [0.3, 0.4) is 0 Å². The first-order chi connectivity index (χ1) is 10.1. The van der Waals surface area contributed by atoms with Gasteiger partial charge in [-0.2, -0.15) is 0 Å². The Morgan fingerprint density at radius 1 is 0.952 bits per heavy atom. The van der Waals surface area contributed by atoms with Crippen LogP contribution in [0.4, 0.5) is 5.69 Å². The SMILES string of the molecule is Cc1ccc(C)c(Oc2ncnc3ccc(N)cc23)c1C. The molecule has 4 nitrogen and oxygen atoms in total. The Balaban J connectivity index is 2.15. The minimum Gasteiger partial charge on any atom is -0.438 e. The number of aromatic nitrogens is 2. The van der Waals surface area contributed by atoms with E-state index in [2.05, 4.69) is 35.9 Å². The molecule has 0 amide bonds. The Morgan fingerprint density at radius 3 is 2.52 bits per heavy atom. The summed E-state index contributed by atoms with van der Waals surface area (Å²) in [6.45, 7) is 6.15. The van der Waals surface area contributed by atoms with Crippen LogP contribution in [0.25, 0.3) is 10.9 Å². The molecule has 2 N–H and O–H groups in total. The summed E-state index contributed by atoms with van der Waals surface area (Å²) >= 11 is 0. The highest BCUT2D eigenvalue weighted by molar-refractivity contribution is 5.86. The molecule has 0 saturated carbocycles. The van der Waals surface area contributed by atoms with Crippen LogP contribution >= 0.6 is 0 Å². The fraction of sp³-hybridized carbons (Fsp3) is 0.176. The summed E-state index contributed by atoms with van der Waals surface area (Å²) in [6, 6.07) is 9.67. The lowest BCUT2D eigenvalue weighted by Gasteiger charge is -2.14. The van der Waals surface area contributed by atoms with E-state index in [1.807, 2.05) is 25.1 Å². The van der Waals surface area contributed by atoms with Crippen molar-refractivity contribution in [3.8, 4) is 11.6 Å². The van der Waals surface area contributed by atoms with Gasteiger partial charge in [0, 0.05) is 5.69 Å². The number of aryl methyl sites for hydroxylation is 2. The van der Waals surface area contributed by atoms with Crippen molar-refractivity contribution < 1.29 is 4.74 Å². The van der Waals surface area contributed by atoms with Gasteiger partial charge in [-0.05, 0) is 55.7 Å². The van der Waals surface area contributed by atoms with Crippen LogP contribution < -0.4 is 10.5 Å². The van der Waals surface area contributed by atoms with Crippen molar-refractivity contribution in [3.63, 3.8) is 0 Å².